The third-order valence-corrected chi connectivity index (χ3v) is 6.45. The smallest absolute Gasteiger partial charge is 0.339 e. The number of carboxylic acid groups (broad SMARTS) is 1. The normalized spacial score (nSPS) is 20.4. The fraction of sp³-hybridized carbons (Fsp3) is 0.538. The number of sulfone groups is 1. The molecule has 1 aliphatic rings. The van der Waals surface area contributed by atoms with Crippen LogP contribution in [0.5, 0.6) is 0 Å². The number of aromatic carboxylic acids is 1. The molecule has 1 aromatic heterocycles. The van der Waals surface area contributed by atoms with Crippen LogP contribution in [0.1, 0.15) is 34.1 Å². The quantitative estimate of drug-likeness (QED) is 0.874. The van der Waals surface area contributed by atoms with Crippen LogP contribution in [0.4, 0.5) is 5.00 Å². The summed E-state index contributed by atoms with van der Waals surface area (Å²) in [4.78, 5) is 24.4. The van der Waals surface area contributed by atoms with Gasteiger partial charge < -0.3 is 10.4 Å². The van der Waals surface area contributed by atoms with Crippen LogP contribution in [0.3, 0.4) is 0 Å². The summed E-state index contributed by atoms with van der Waals surface area (Å²) < 4.78 is 22.8. The van der Waals surface area contributed by atoms with Crippen molar-refractivity contribution in [2.45, 2.75) is 26.7 Å². The fourth-order valence-electron chi connectivity index (χ4n) is 2.53. The molecule has 6 nitrogen and oxygen atoms in total. The van der Waals surface area contributed by atoms with Crippen LogP contribution in [0.15, 0.2) is 0 Å². The van der Waals surface area contributed by atoms with Crippen molar-refractivity contribution >= 4 is 38.1 Å². The molecular formula is C13H17NO5S2. The molecule has 0 radical (unpaired) electrons. The van der Waals surface area contributed by atoms with Crippen LogP contribution < -0.4 is 5.32 Å². The summed E-state index contributed by atoms with van der Waals surface area (Å²) in [6.45, 7) is 3.67. The molecular weight excluding hydrogens is 314 g/mol. The van der Waals surface area contributed by atoms with E-state index in [0.717, 1.165) is 4.88 Å². The molecule has 0 aromatic carbocycles. The molecule has 1 atom stereocenters. The van der Waals surface area contributed by atoms with Gasteiger partial charge in [-0.2, -0.15) is 0 Å². The number of aryl methyl sites for hydroxylation is 1. The van der Waals surface area contributed by atoms with E-state index in [0.29, 0.717) is 23.4 Å². The van der Waals surface area contributed by atoms with Crippen molar-refractivity contribution in [1.29, 1.82) is 0 Å². The summed E-state index contributed by atoms with van der Waals surface area (Å²) in [5.74, 6) is -2.23. The van der Waals surface area contributed by atoms with Gasteiger partial charge >= 0.3 is 5.97 Å². The molecule has 1 aromatic rings. The Bertz CT molecular complexity index is 690. The summed E-state index contributed by atoms with van der Waals surface area (Å²) in [5.41, 5.74) is 0.830. The minimum absolute atomic E-state index is 0.0144. The molecule has 0 spiro atoms. The standard InChI is InChI=1S/C13H17NO5S2/c1-3-9-7(2)20-12(10(9)13(16)17)14-11(15)8-4-5-21(18,19)6-8/h8H,3-6H2,1-2H3,(H,14,15)(H,16,17). The van der Waals surface area contributed by atoms with Crippen LogP contribution >= 0.6 is 11.3 Å². The predicted molar refractivity (Wildman–Crippen MR) is 80.8 cm³/mol. The molecule has 1 aliphatic heterocycles. The number of hydrogen-bond acceptors (Lipinski definition) is 5. The lowest BCUT2D eigenvalue weighted by Crippen LogP contribution is -2.24. The Morgan fingerprint density at radius 2 is 2.10 bits per heavy atom. The zero-order valence-electron chi connectivity index (χ0n) is 11.8. The van der Waals surface area contributed by atoms with Crippen LogP contribution in [0, 0.1) is 12.8 Å². The van der Waals surface area contributed by atoms with Crippen molar-refractivity contribution in [2.75, 3.05) is 16.8 Å². The Morgan fingerprint density at radius 3 is 2.57 bits per heavy atom. The van der Waals surface area contributed by atoms with Crippen LogP contribution in [0.25, 0.3) is 0 Å². The lowest BCUT2D eigenvalue weighted by atomic mass is 10.1. The highest BCUT2D eigenvalue weighted by atomic mass is 32.2. The van der Waals surface area contributed by atoms with E-state index in [1.54, 1.807) is 0 Å². The Morgan fingerprint density at radius 1 is 1.43 bits per heavy atom. The Balaban J connectivity index is 2.24. The Hall–Kier alpha value is -1.41. The third kappa shape index (κ3) is 3.26. The maximum atomic E-state index is 12.1. The first-order valence-electron chi connectivity index (χ1n) is 6.62. The zero-order valence-corrected chi connectivity index (χ0v) is 13.4. The Kier molecular flexibility index (Phi) is 4.38. The molecule has 1 amide bonds. The van der Waals surface area contributed by atoms with Crippen molar-refractivity contribution in [3.8, 4) is 0 Å². The maximum absolute atomic E-state index is 12.1. The van der Waals surface area contributed by atoms with Gasteiger partial charge in [-0.25, -0.2) is 13.2 Å². The second kappa shape index (κ2) is 5.76. The zero-order chi connectivity index (χ0) is 15.8. The number of nitrogens with one attached hydrogen (secondary N) is 1. The van der Waals surface area contributed by atoms with Gasteiger partial charge in [0.15, 0.2) is 9.84 Å². The molecule has 0 aliphatic carbocycles. The number of carbonyl (C=O) groups is 2. The van der Waals surface area contributed by atoms with E-state index in [4.69, 9.17) is 0 Å². The Labute approximate surface area is 127 Å². The number of rotatable bonds is 4. The average molecular weight is 331 g/mol. The highest BCUT2D eigenvalue weighted by Gasteiger charge is 2.34. The third-order valence-electron chi connectivity index (χ3n) is 3.62. The average Bonchev–Trinajstić information content (AvgIpc) is 2.89. The van der Waals surface area contributed by atoms with Crippen LogP contribution in [-0.4, -0.2) is 36.9 Å². The molecule has 1 fully saturated rings. The number of carbonyl (C=O) groups excluding carboxylic acids is 1. The molecule has 1 saturated heterocycles. The van der Waals surface area contributed by atoms with Crippen molar-refractivity contribution in [1.82, 2.24) is 0 Å². The summed E-state index contributed by atoms with van der Waals surface area (Å²) in [6, 6.07) is 0. The van der Waals surface area contributed by atoms with E-state index < -0.39 is 27.6 Å². The summed E-state index contributed by atoms with van der Waals surface area (Å²) in [6.07, 6.45) is 0.860. The minimum atomic E-state index is -3.14. The highest BCUT2D eigenvalue weighted by Crippen LogP contribution is 2.34. The highest BCUT2D eigenvalue weighted by molar-refractivity contribution is 7.91. The summed E-state index contributed by atoms with van der Waals surface area (Å²) >= 11 is 1.22. The van der Waals surface area contributed by atoms with Crippen molar-refractivity contribution in [2.24, 2.45) is 5.92 Å². The SMILES string of the molecule is CCc1c(C)sc(NC(=O)C2CCS(=O)(=O)C2)c1C(=O)O. The topological polar surface area (TPSA) is 101 Å². The van der Waals surface area contributed by atoms with E-state index in [9.17, 15) is 23.1 Å². The van der Waals surface area contributed by atoms with Crippen molar-refractivity contribution in [3.05, 3.63) is 16.0 Å². The number of hydrogen-bond donors (Lipinski definition) is 2. The molecule has 2 N–H and O–H groups in total. The van der Waals surface area contributed by atoms with Gasteiger partial charge in [0.1, 0.15) is 5.00 Å². The second-order valence-corrected chi connectivity index (χ2v) is 8.54. The number of amides is 1. The second-order valence-electron chi connectivity index (χ2n) is 5.09. The van der Waals surface area contributed by atoms with Gasteiger partial charge in [-0.1, -0.05) is 6.92 Å². The minimum Gasteiger partial charge on any atom is -0.478 e. The van der Waals surface area contributed by atoms with E-state index >= 15 is 0 Å². The number of thiophene rings is 1. The van der Waals surface area contributed by atoms with Gasteiger partial charge in [0, 0.05) is 4.88 Å². The molecule has 0 bridgehead atoms. The van der Waals surface area contributed by atoms with Crippen molar-refractivity contribution < 1.29 is 23.1 Å². The van der Waals surface area contributed by atoms with Gasteiger partial charge in [-0.3, -0.25) is 4.79 Å². The van der Waals surface area contributed by atoms with Gasteiger partial charge in [0.25, 0.3) is 0 Å². The van der Waals surface area contributed by atoms with E-state index in [2.05, 4.69) is 5.32 Å². The van der Waals surface area contributed by atoms with Gasteiger partial charge in [0.05, 0.1) is 23.0 Å². The largest absolute Gasteiger partial charge is 0.478 e. The molecule has 116 valence electrons. The first-order chi connectivity index (χ1) is 9.75. The molecule has 8 heteroatoms. The van der Waals surface area contributed by atoms with Crippen molar-refractivity contribution in [3.63, 3.8) is 0 Å². The summed E-state index contributed by atoms with van der Waals surface area (Å²) in [7, 11) is -3.14. The van der Waals surface area contributed by atoms with E-state index in [1.807, 2.05) is 13.8 Å². The van der Waals surface area contributed by atoms with Gasteiger partial charge in [-0.05, 0) is 25.3 Å². The molecule has 0 saturated carbocycles. The van der Waals surface area contributed by atoms with E-state index in [1.165, 1.54) is 11.3 Å². The first-order valence-corrected chi connectivity index (χ1v) is 9.25. The van der Waals surface area contributed by atoms with Gasteiger partial charge in [0.2, 0.25) is 5.91 Å². The lowest BCUT2D eigenvalue weighted by molar-refractivity contribution is -0.119. The molecule has 1 unspecified atom stereocenters. The van der Waals surface area contributed by atoms with Crippen LogP contribution in [0.2, 0.25) is 0 Å². The van der Waals surface area contributed by atoms with Gasteiger partial charge in [-0.15, -0.1) is 11.3 Å². The predicted octanol–water partition coefficient (Wildman–Crippen LogP) is 1.69. The maximum Gasteiger partial charge on any atom is 0.339 e. The summed E-state index contributed by atoms with van der Waals surface area (Å²) in [5, 5.41) is 12.2. The molecule has 2 rings (SSSR count). The number of carboxylic acids is 1. The lowest BCUT2D eigenvalue weighted by Gasteiger charge is -2.09. The fourth-order valence-corrected chi connectivity index (χ4v) is 5.42. The van der Waals surface area contributed by atoms with E-state index in [-0.39, 0.29) is 17.1 Å². The number of anilines is 1. The first kappa shape index (κ1) is 16.0. The molecule has 2 heterocycles. The monoisotopic (exact) mass is 331 g/mol. The van der Waals surface area contributed by atoms with Crippen LogP contribution in [-0.2, 0) is 21.1 Å². The molecule has 21 heavy (non-hydrogen) atoms.